The van der Waals surface area contributed by atoms with Gasteiger partial charge in [-0.3, -0.25) is 9.69 Å². The van der Waals surface area contributed by atoms with E-state index >= 15 is 0 Å². The van der Waals surface area contributed by atoms with Crippen molar-refractivity contribution in [2.75, 3.05) is 55.6 Å². The number of piperidine rings is 1. The van der Waals surface area contributed by atoms with Gasteiger partial charge in [0.05, 0.1) is 0 Å². The fourth-order valence-corrected chi connectivity index (χ4v) is 5.10. The van der Waals surface area contributed by atoms with Crippen molar-refractivity contribution >= 4 is 17.2 Å². The molecule has 2 aliphatic heterocycles. The van der Waals surface area contributed by atoms with Crippen molar-refractivity contribution in [3.8, 4) is 0 Å². The van der Waals surface area contributed by atoms with E-state index in [1.165, 1.54) is 55.0 Å². The van der Waals surface area contributed by atoms with E-state index < -0.39 is 0 Å². The molecule has 0 bridgehead atoms. The monoisotopic (exact) mass is 419 g/mol. The summed E-state index contributed by atoms with van der Waals surface area (Å²) in [6.07, 6.45) is 3.49. The van der Waals surface area contributed by atoms with Gasteiger partial charge in [0, 0.05) is 62.8 Å². The number of anilines is 2. The van der Waals surface area contributed by atoms with E-state index in [2.05, 4.69) is 64.9 Å². The van der Waals surface area contributed by atoms with E-state index in [-0.39, 0.29) is 5.78 Å². The Morgan fingerprint density at radius 1 is 0.871 bits per heavy atom. The highest BCUT2D eigenvalue weighted by atomic mass is 16.1. The Labute approximate surface area is 187 Å². The van der Waals surface area contributed by atoms with Crippen molar-refractivity contribution in [1.82, 2.24) is 4.90 Å². The maximum atomic E-state index is 11.8. The molecule has 0 atom stereocenters. The van der Waals surface area contributed by atoms with Gasteiger partial charge in [-0.25, -0.2) is 0 Å². The van der Waals surface area contributed by atoms with Crippen LogP contribution in [0.1, 0.15) is 48.2 Å². The minimum Gasteiger partial charge on any atom is -0.372 e. The fraction of sp³-hybridized carbons (Fsp3) is 0.519. The SMILES string of the molecule is CCc1cc(N2CCN(CC3CCN(c4ccc(C)cc4)CC3)CC2)ccc1C(C)=O. The number of ketones is 1. The Morgan fingerprint density at radius 2 is 1.48 bits per heavy atom. The summed E-state index contributed by atoms with van der Waals surface area (Å²) in [7, 11) is 0. The summed E-state index contributed by atoms with van der Waals surface area (Å²) in [5.74, 6) is 0.983. The van der Waals surface area contributed by atoms with Gasteiger partial charge in [-0.15, -0.1) is 0 Å². The molecule has 0 spiro atoms. The molecule has 2 aromatic carbocycles. The summed E-state index contributed by atoms with van der Waals surface area (Å²) in [6.45, 7) is 14.0. The number of carbonyl (C=O) groups excluding carboxylic acids is 1. The van der Waals surface area contributed by atoms with Crippen LogP contribution in [0, 0.1) is 12.8 Å². The van der Waals surface area contributed by atoms with Gasteiger partial charge in [-0.2, -0.15) is 0 Å². The van der Waals surface area contributed by atoms with Crippen LogP contribution in [0.5, 0.6) is 0 Å². The lowest BCUT2D eigenvalue weighted by atomic mass is 9.95. The molecule has 2 fully saturated rings. The molecule has 2 aromatic rings. The second-order valence-corrected chi connectivity index (χ2v) is 9.30. The van der Waals surface area contributed by atoms with Crippen molar-refractivity contribution in [1.29, 1.82) is 0 Å². The van der Waals surface area contributed by atoms with Gasteiger partial charge in [0.25, 0.3) is 0 Å². The van der Waals surface area contributed by atoms with Crippen molar-refractivity contribution in [2.45, 2.75) is 40.0 Å². The largest absolute Gasteiger partial charge is 0.372 e. The highest BCUT2D eigenvalue weighted by Crippen LogP contribution is 2.26. The Hall–Kier alpha value is -2.33. The Bertz CT molecular complexity index is 876. The van der Waals surface area contributed by atoms with Crippen molar-refractivity contribution in [3.05, 3.63) is 59.2 Å². The summed E-state index contributed by atoms with van der Waals surface area (Å²) >= 11 is 0. The average molecular weight is 420 g/mol. The number of rotatable bonds is 6. The topological polar surface area (TPSA) is 26.8 Å². The maximum Gasteiger partial charge on any atom is 0.160 e. The molecule has 2 saturated heterocycles. The third-order valence-corrected chi connectivity index (χ3v) is 7.12. The second kappa shape index (κ2) is 9.86. The van der Waals surface area contributed by atoms with Crippen LogP contribution in [0.15, 0.2) is 42.5 Å². The summed E-state index contributed by atoms with van der Waals surface area (Å²) < 4.78 is 0. The minimum absolute atomic E-state index is 0.168. The molecule has 0 saturated carbocycles. The lowest BCUT2D eigenvalue weighted by Crippen LogP contribution is -2.49. The van der Waals surface area contributed by atoms with Crippen LogP contribution < -0.4 is 9.80 Å². The molecule has 0 unspecified atom stereocenters. The van der Waals surface area contributed by atoms with E-state index in [0.29, 0.717) is 0 Å². The lowest BCUT2D eigenvalue weighted by Gasteiger charge is -2.40. The average Bonchev–Trinajstić information content (AvgIpc) is 2.80. The van der Waals surface area contributed by atoms with Crippen LogP contribution in [-0.2, 0) is 6.42 Å². The van der Waals surface area contributed by atoms with Gasteiger partial charge in [0.1, 0.15) is 0 Å². The molecule has 4 rings (SSSR count). The molecule has 0 aliphatic carbocycles. The van der Waals surface area contributed by atoms with Gasteiger partial charge < -0.3 is 9.80 Å². The number of benzene rings is 2. The number of Topliss-reactive ketones (excluding diaryl/α,β-unsaturated/α-hetero) is 1. The first kappa shape index (κ1) is 21.9. The van der Waals surface area contributed by atoms with E-state index in [9.17, 15) is 4.79 Å². The first-order valence-electron chi connectivity index (χ1n) is 12.0. The molecular weight excluding hydrogens is 382 g/mol. The number of aryl methyl sites for hydroxylation is 2. The number of piperazine rings is 1. The first-order valence-corrected chi connectivity index (χ1v) is 12.0. The van der Waals surface area contributed by atoms with Gasteiger partial charge in [0.2, 0.25) is 0 Å². The van der Waals surface area contributed by atoms with Crippen LogP contribution in [0.4, 0.5) is 11.4 Å². The summed E-state index contributed by atoms with van der Waals surface area (Å²) in [6, 6.07) is 15.4. The lowest BCUT2D eigenvalue weighted by molar-refractivity contribution is 0.101. The second-order valence-electron chi connectivity index (χ2n) is 9.30. The zero-order chi connectivity index (χ0) is 21.8. The molecular formula is C27H37N3O. The molecule has 2 aliphatic rings. The first-order chi connectivity index (χ1) is 15.0. The quantitative estimate of drug-likeness (QED) is 0.629. The maximum absolute atomic E-state index is 11.8. The predicted molar refractivity (Wildman–Crippen MR) is 131 cm³/mol. The molecule has 166 valence electrons. The van der Waals surface area contributed by atoms with Gasteiger partial charge >= 0.3 is 0 Å². The molecule has 0 radical (unpaired) electrons. The zero-order valence-electron chi connectivity index (χ0n) is 19.4. The number of hydrogen-bond acceptors (Lipinski definition) is 4. The normalized spacial score (nSPS) is 18.4. The number of nitrogens with zero attached hydrogens (tertiary/aromatic N) is 3. The summed E-state index contributed by atoms with van der Waals surface area (Å²) in [4.78, 5) is 19.5. The number of hydrogen-bond donors (Lipinski definition) is 0. The van der Waals surface area contributed by atoms with Crippen LogP contribution in [-0.4, -0.2) is 56.5 Å². The van der Waals surface area contributed by atoms with E-state index in [1.807, 2.05) is 6.07 Å². The molecule has 2 heterocycles. The van der Waals surface area contributed by atoms with E-state index in [1.54, 1.807) is 6.92 Å². The van der Waals surface area contributed by atoms with E-state index in [4.69, 9.17) is 0 Å². The molecule has 31 heavy (non-hydrogen) atoms. The Balaban J connectivity index is 1.25. The van der Waals surface area contributed by atoms with Crippen LogP contribution in [0.2, 0.25) is 0 Å². The molecule has 0 N–H and O–H groups in total. The van der Waals surface area contributed by atoms with Gasteiger partial charge in [-0.1, -0.05) is 24.6 Å². The van der Waals surface area contributed by atoms with Crippen molar-refractivity contribution in [3.63, 3.8) is 0 Å². The predicted octanol–water partition coefficient (Wildman–Crippen LogP) is 4.80. The third kappa shape index (κ3) is 5.30. The standard InChI is InChI=1S/C27H37N3O/c1-4-24-19-26(9-10-27(24)22(3)31)30-17-15-28(16-18-30)20-23-11-13-29(14-12-23)25-7-5-21(2)6-8-25/h5-10,19,23H,4,11-18,20H2,1-3H3. The van der Waals surface area contributed by atoms with Crippen LogP contribution in [0.3, 0.4) is 0 Å². The van der Waals surface area contributed by atoms with Crippen LogP contribution in [0.25, 0.3) is 0 Å². The van der Waals surface area contributed by atoms with Gasteiger partial charge in [-0.05, 0) is 74.9 Å². The molecule has 4 nitrogen and oxygen atoms in total. The highest BCUT2D eigenvalue weighted by molar-refractivity contribution is 5.96. The fourth-order valence-electron chi connectivity index (χ4n) is 5.10. The van der Waals surface area contributed by atoms with E-state index in [0.717, 1.165) is 44.1 Å². The smallest absolute Gasteiger partial charge is 0.160 e. The summed E-state index contributed by atoms with van der Waals surface area (Å²) in [5.41, 5.74) is 6.03. The summed E-state index contributed by atoms with van der Waals surface area (Å²) in [5, 5.41) is 0. The molecule has 0 amide bonds. The molecule has 4 heteroatoms. The van der Waals surface area contributed by atoms with Crippen molar-refractivity contribution < 1.29 is 4.79 Å². The highest BCUT2D eigenvalue weighted by Gasteiger charge is 2.24. The van der Waals surface area contributed by atoms with Crippen molar-refractivity contribution in [2.24, 2.45) is 5.92 Å². The third-order valence-electron chi connectivity index (χ3n) is 7.12. The minimum atomic E-state index is 0.168. The molecule has 0 aromatic heterocycles. The van der Waals surface area contributed by atoms with Gasteiger partial charge in [0.15, 0.2) is 5.78 Å². The number of carbonyl (C=O) groups is 1. The Morgan fingerprint density at radius 3 is 2.10 bits per heavy atom. The van der Waals surface area contributed by atoms with Crippen LogP contribution >= 0.6 is 0 Å². The Kier molecular flexibility index (Phi) is 6.96. The zero-order valence-corrected chi connectivity index (χ0v) is 19.4.